The molecular formula is C65H114O6. The van der Waals surface area contributed by atoms with Crippen LogP contribution in [0.4, 0.5) is 0 Å². The SMILES string of the molecule is CC/C=C\C/C=C\C/C=C\CCCCCCCCCC(=O)OC(COC(=O)CCCCCCCCC/C=C\CCCCCCCC)COC(=O)CCCCCCCCCCC/C=C\C/C=C\CCCCC. The van der Waals surface area contributed by atoms with Crippen molar-refractivity contribution in [1.29, 1.82) is 0 Å². The van der Waals surface area contributed by atoms with Gasteiger partial charge >= 0.3 is 17.9 Å². The van der Waals surface area contributed by atoms with E-state index in [4.69, 9.17) is 14.2 Å². The molecular weight excluding hydrogens is 877 g/mol. The summed E-state index contributed by atoms with van der Waals surface area (Å²) in [5.74, 6) is -0.888. The Bertz CT molecular complexity index is 1320. The predicted octanol–water partition coefficient (Wildman–Crippen LogP) is 20.5. The van der Waals surface area contributed by atoms with Crippen LogP contribution in [0.5, 0.6) is 0 Å². The summed E-state index contributed by atoms with van der Waals surface area (Å²) in [6, 6.07) is 0. The Morgan fingerprint density at radius 2 is 0.549 bits per heavy atom. The van der Waals surface area contributed by atoms with Gasteiger partial charge in [0.1, 0.15) is 13.2 Å². The molecule has 1 unspecified atom stereocenters. The fourth-order valence-electron chi connectivity index (χ4n) is 8.60. The molecule has 0 fully saturated rings. The molecule has 0 aromatic rings. The molecule has 0 amide bonds. The van der Waals surface area contributed by atoms with Gasteiger partial charge in [0.2, 0.25) is 0 Å². The first-order valence-electron chi connectivity index (χ1n) is 30.4. The minimum atomic E-state index is -0.785. The van der Waals surface area contributed by atoms with Gasteiger partial charge in [-0.1, -0.05) is 248 Å². The molecule has 6 nitrogen and oxygen atoms in total. The van der Waals surface area contributed by atoms with Gasteiger partial charge < -0.3 is 14.2 Å². The maximum Gasteiger partial charge on any atom is 0.306 e. The van der Waals surface area contributed by atoms with Crippen molar-refractivity contribution in [2.45, 2.75) is 309 Å². The van der Waals surface area contributed by atoms with E-state index in [0.29, 0.717) is 19.3 Å². The van der Waals surface area contributed by atoms with Crippen LogP contribution in [0, 0.1) is 0 Å². The van der Waals surface area contributed by atoms with Crippen molar-refractivity contribution < 1.29 is 28.6 Å². The number of esters is 3. The second kappa shape index (κ2) is 59.4. The van der Waals surface area contributed by atoms with Crippen LogP contribution in [-0.4, -0.2) is 37.2 Å². The second-order valence-electron chi connectivity index (χ2n) is 20.2. The van der Waals surface area contributed by atoms with Crippen LogP contribution in [0.1, 0.15) is 303 Å². The molecule has 1 atom stereocenters. The number of carbonyl (C=O) groups is 3. The topological polar surface area (TPSA) is 78.9 Å². The fraction of sp³-hybridized carbons (Fsp3) is 0.769. The van der Waals surface area contributed by atoms with Crippen molar-refractivity contribution in [3.05, 3.63) is 72.9 Å². The Labute approximate surface area is 440 Å². The highest BCUT2D eigenvalue weighted by molar-refractivity contribution is 5.71. The molecule has 0 bridgehead atoms. The molecule has 0 aromatic heterocycles. The molecule has 0 aliphatic rings. The third-order valence-corrected chi connectivity index (χ3v) is 13.2. The normalized spacial score (nSPS) is 12.5. The number of hydrogen-bond acceptors (Lipinski definition) is 6. The van der Waals surface area contributed by atoms with Crippen molar-refractivity contribution in [2.24, 2.45) is 0 Å². The molecule has 0 heterocycles. The highest BCUT2D eigenvalue weighted by atomic mass is 16.6. The molecule has 0 saturated carbocycles. The summed E-state index contributed by atoms with van der Waals surface area (Å²) in [6.45, 7) is 6.52. The molecule has 0 aliphatic heterocycles. The van der Waals surface area contributed by atoms with Gasteiger partial charge in [-0.25, -0.2) is 0 Å². The van der Waals surface area contributed by atoms with E-state index in [0.717, 1.165) is 89.9 Å². The zero-order chi connectivity index (χ0) is 51.4. The molecule has 0 saturated heterocycles. The van der Waals surface area contributed by atoms with Crippen molar-refractivity contribution in [1.82, 2.24) is 0 Å². The quantitative estimate of drug-likeness (QED) is 0.0261. The highest BCUT2D eigenvalue weighted by Gasteiger charge is 2.19. The van der Waals surface area contributed by atoms with E-state index in [9.17, 15) is 14.4 Å². The fourth-order valence-corrected chi connectivity index (χ4v) is 8.60. The van der Waals surface area contributed by atoms with Crippen LogP contribution in [0.3, 0.4) is 0 Å². The van der Waals surface area contributed by atoms with Crippen LogP contribution in [0.15, 0.2) is 72.9 Å². The molecule has 0 aliphatic carbocycles. The van der Waals surface area contributed by atoms with Crippen molar-refractivity contribution in [3.63, 3.8) is 0 Å². The molecule has 6 heteroatoms. The van der Waals surface area contributed by atoms with E-state index in [2.05, 4.69) is 93.7 Å². The van der Waals surface area contributed by atoms with Gasteiger partial charge in [0.05, 0.1) is 0 Å². The van der Waals surface area contributed by atoms with E-state index in [1.165, 1.54) is 173 Å². The Balaban J connectivity index is 4.39. The van der Waals surface area contributed by atoms with Gasteiger partial charge in [-0.2, -0.15) is 0 Å². The highest BCUT2D eigenvalue weighted by Crippen LogP contribution is 2.16. The summed E-state index contributed by atoms with van der Waals surface area (Å²) in [6.07, 6.45) is 76.0. The molecule has 410 valence electrons. The molecule has 0 N–H and O–H groups in total. The molecule has 71 heavy (non-hydrogen) atoms. The third kappa shape index (κ3) is 57.6. The summed E-state index contributed by atoms with van der Waals surface area (Å²) in [4.78, 5) is 38.3. The number of allylic oxidation sites excluding steroid dienone is 12. The molecule has 0 radical (unpaired) electrons. The van der Waals surface area contributed by atoms with Crippen LogP contribution < -0.4 is 0 Å². The lowest BCUT2D eigenvalue weighted by Crippen LogP contribution is -2.30. The average molecular weight is 992 g/mol. The van der Waals surface area contributed by atoms with Crippen molar-refractivity contribution in [3.8, 4) is 0 Å². The van der Waals surface area contributed by atoms with E-state index < -0.39 is 6.10 Å². The van der Waals surface area contributed by atoms with Gasteiger partial charge in [0, 0.05) is 19.3 Å². The summed E-state index contributed by atoms with van der Waals surface area (Å²) in [5, 5.41) is 0. The maximum atomic E-state index is 12.9. The van der Waals surface area contributed by atoms with Crippen LogP contribution in [0.2, 0.25) is 0 Å². The predicted molar refractivity (Wildman–Crippen MR) is 307 cm³/mol. The van der Waals surface area contributed by atoms with Gasteiger partial charge in [0.15, 0.2) is 6.10 Å². The Hall–Kier alpha value is -3.15. The van der Waals surface area contributed by atoms with Crippen molar-refractivity contribution in [2.75, 3.05) is 13.2 Å². The standard InChI is InChI=1S/C65H114O6/c1-4-7-10-13-16-19-22-25-28-31-32-35-37-40-43-46-49-52-55-58-64(67)70-61-62(71-65(68)59-56-53-50-47-44-41-38-34-30-27-24-21-18-15-12-9-6-3)60-69-63(66)57-54-51-48-45-42-39-36-33-29-26-23-20-17-14-11-8-5-2/h9,12,16,18-19,21,25-30,62H,4-8,10-11,13-15,17,20,22-24,31-61H2,1-3H3/b12-9-,19-16-,21-18-,28-25-,29-26-,30-27-. The summed E-state index contributed by atoms with van der Waals surface area (Å²) < 4.78 is 16.9. The number of unbranched alkanes of at least 4 members (excludes halogenated alkanes) is 32. The monoisotopic (exact) mass is 991 g/mol. The first-order chi connectivity index (χ1) is 35.0. The zero-order valence-electron chi connectivity index (χ0n) is 47.0. The maximum absolute atomic E-state index is 12.9. The third-order valence-electron chi connectivity index (χ3n) is 13.2. The average Bonchev–Trinajstić information content (AvgIpc) is 3.37. The number of ether oxygens (including phenoxy) is 3. The summed E-state index contributed by atoms with van der Waals surface area (Å²) in [5.41, 5.74) is 0. The zero-order valence-corrected chi connectivity index (χ0v) is 47.0. The minimum Gasteiger partial charge on any atom is -0.462 e. The van der Waals surface area contributed by atoms with Gasteiger partial charge in [0.25, 0.3) is 0 Å². The minimum absolute atomic E-state index is 0.0820. The van der Waals surface area contributed by atoms with Gasteiger partial charge in [-0.15, -0.1) is 0 Å². The second-order valence-corrected chi connectivity index (χ2v) is 20.2. The molecule has 0 spiro atoms. The lowest BCUT2D eigenvalue weighted by molar-refractivity contribution is -0.167. The largest absolute Gasteiger partial charge is 0.462 e. The van der Waals surface area contributed by atoms with Crippen LogP contribution >= 0.6 is 0 Å². The van der Waals surface area contributed by atoms with E-state index in [1.807, 2.05) is 0 Å². The van der Waals surface area contributed by atoms with Crippen LogP contribution in [-0.2, 0) is 28.6 Å². The Morgan fingerprint density at radius 1 is 0.296 bits per heavy atom. The van der Waals surface area contributed by atoms with Gasteiger partial charge in [-0.3, -0.25) is 14.4 Å². The Kier molecular flexibility index (Phi) is 56.8. The molecule has 0 aromatic carbocycles. The first kappa shape index (κ1) is 67.8. The summed E-state index contributed by atoms with van der Waals surface area (Å²) >= 11 is 0. The smallest absolute Gasteiger partial charge is 0.306 e. The number of carbonyl (C=O) groups excluding carboxylic acids is 3. The van der Waals surface area contributed by atoms with E-state index in [1.54, 1.807) is 0 Å². The lowest BCUT2D eigenvalue weighted by Gasteiger charge is -2.18. The van der Waals surface area contributed by atoms with E-state index >= 15 is 0 Å². The summed E-state index contributed by atoms with van der Waals surface area (Å²) in [7, 11) is 0. The van der Waals surface area contributed by atoms with Crippen LogP contribution in [0.25, 0.3) is 0 Å². The Morgan fingerprint density at radius 3 is 0.901 bits per heavy atom. The number of hydrogen-bond donors (Lipinski definition) is 0. The van der Waals surface area contributed by atoms with Crippen molar-refractivity contribution >= 4 is 17.9 Å². The first-order valence-corrected chi connectivity index (χ1v) is 30.4. The van der Waals surface area contributed by atoms with E-state index in [-0.39, 0.29) is 31.1 Å². The molecule has 0 rings (SSSR count). The van der Waals surface area contributed by atoms with Gasteiger partial charge in [-0.05, 0) is 109 Å². The number of rotatable bonds is 55. The lowest BCUT2D eigenvalue weighted by atomic mass is 10.1.